The minimum Gasteiger partial charge on any atom is -0.365 e. The van der Waals surface area contributed by atoms with Gasteiger partial charge >= 0.3 is 0 Å². The number of fused-ring (bicyclic) bond motifs is 2. The lowest BCUT2D eigenvalue weighted by atomic mass is 10.0. The summed E-state index contributed by atoms with van der Waals surface area (Å²) in [6, 6.07) is 30.0. The molecule has 2 N–H and O–H groups in total. The molecular weight excluding hydrogens is 386 g/mol. The summed E-state index contributed by atoms with van der Waals surface area (Å²) in [5.74, 6) is 0. The molecule has 0 bridgehead atoms. The van der Waals surface area contributed by atoms with E-state index < -0.39 is 0 Å². The molecule has 0 aliphatic heterocycles. The first kappa shape index (κ1) is 20.7. The van der Waals surface area contributed by atoms with Gasteiger partial charge in [-0.25, -0.2) is 0 Å². The average Bonchev–Trinajstić information content (AvgIpc) is 2.79. The van der Waals surface area contributed by atoms with Crippen molar-refractivity contribution < 1.29 is 0 Å². The van der Waals surface area contributed by atoms with Crippen LogP contribution < -0.4 is 10.6 Å². The second-order valence-electron chi connectivity index (χ2n) is 7.47. The number of hydrogen-bond acceptors (Lipinski definition) is 4. The van der Waals surface area contributed by atoms with E-state index in [1.165, 1.54) is 27.1 Å². The molecule has 0 aromatic heterocycles. The number of thiol groups is 1. The monoisotopic (exact) mass is 415 g/mol. The van der Waals surface area contributed by atoms with Crippen molar-refractivity contribution in [2.75, 3.05) is 18.4 Å². The molecule has 0 aliphatic rings. The fourth-order valence-corrected chi connectivity index (χ4v) is 4.41. The van der Waals surface area contributed by atoms with E-state index in [1.807, 2.05) is 0 Å². The fraction of sp³-hybridized carbons (Fsp3) is 0.231. The highest BCUT2D eigenvalue weighted by molar-refractivity contribution is 7.80. The zero-order valence-electron chi connectivity index (χ0n) is 17.5. The SMILES string of the molecule is CCN(CC)C(S)NC(Nc1cccc2ccccc12)c1ccc2ccccc2c1. The fourth-order valence-electron chi connectivity index (χ4n) is 3.94. The van der Waals surface area contributed by atoms with Gasteiger partial charge in [0.15, 0.2) is 0 Å². The molecule has 2 atom stereocenters. The van der Waals surface area contributed by atoms with Gasteiger partial charge in [-0.15, -0.1) is 12.6 Å². The van der Waals surface area contributed by atoms with Gasteiger partial charge in [0.25, 0.3) is 0 Å². The summed E-state index contributed by atoms with van der Waals surface area (Å²) in [4.78, 5) is 2.29. The molecule has 0 amide bonds. The maximum atomic E-state index is 4.86. The number of nitrogens with one attached hydrogen (secondary N) is 2. The minimum absolute atomic E-state index is 0.0565. The van der Waals surface area contributed by atoms with Gasteiger partial charge in [-0.3, -0.25) is 10.2 Å². The Labute approximate surface area is 184 Å². The van der Waals surface area contributed by atoms with Gasteiger partial charge in [-0.2, -0.15) is 0 Å². The normalized spacial score (nSPS) is 13.6. The van der Waals surface area contributed by atoms with Crippen LogP contribution in [0, 0.1) is 0 Å². The number of rotatable bonds is 8. The van der Waals surface area contributed by atoms with E-state index in [4.69, 9.17) is 12.6 Å². The molecule has 154 valence electrons. The number of benzene rings is 4. The Bertz CT molecular complexity index is 1120. The minimum atomic E-state index is -0.0801. The molecule has 0 spiro atoms. The molecule has 2 unspecified atom stereocenters. The summed E-state index contributed by atoms with van der Waals surface area (Å²) in [5, 5.41) is 12.4. The Kier molecular flexibility index (Phi) is 6.58. The van der Waals surface area contributed by atoms with Gasteiger partial charge in [0, 0.05) is 11.1 Å². The van der Waals surface area contributed by atoms with E-state index in [0.29, 0.717) is 0 Å². The zero-order valence-corrected chi connectivity index (χ0v) is 18.4. The van der Waals surface area contributed by atoms with Crippen molar-refractivity contribution in [2.24, 2.45) is 0 Å². The first-order chi connectivity index (χ1) is 14.7. The van der Waals surface area contributed by atoms with Crippen molar-refractivity contribution >= 4 is 39.9 Å². The summed E-state index contributed by atoms with van der Waals surface area (Å²) in [5.41, 5.74) is 2.24. The van der Waals surface area contributed by atoms with E-state index in [9.17, 15) is 0 Å². The Hall–Kier alpha value is -2.53. The Morgan fingerprint density at radius 1 is 0.767 bits per heavy atom. The topological polar surface area (TPSA) is 27.3 Å². The summed E-state index contributed by atoms with van der Waals surface area (Å²) in [7, 11) is 0. The highest BCUT2D eigenvalue weighted by atomic mass is 32.1. The lowest BCUT2D eigenvalue weighted by molar-refractivity contribution is 0.242. The lowest BCUT2D eigenvalue weighted by Crippen LogP contribution is -2.45. The third kappa shape index (κ3) is 4.46. The van der Waals surface area contributed by atoms with Crippen molar-refractivity contribution in [1.82, 2.24) is 10.2 Å². The molecule has 0 radical (unpaired) electrons. The van der Waals surface area contributed by atoms with Crippen molar-refractivity contribution in [2.45, 2.75) is 25.5 Å². The van der Waals surface area contributed by atoms with Gasteiger partial charge in [0.1, 0.15) is 11.7 Å². The van der Waals surface area contributed by atoms with Crippen molar-refractivity contribution in [3.8, 4) is 0 Å². The first-order valence-electron chi connectivity index (χ1n) is 10.6. The van der Waals surface area contributed by atoms with Gasteiger partial charge in [0.05, 0.1) is 0 Å². The molecule has 0 aliphatic carbocycles. The predicted octanol–water partition coefficient (Wildman–Crippen LogP) is 6.25. The van der Waals surface area contributed by atoms with Crippen LogP contribution in [0.15, 0.2) is 84.9 Å². The summed E-state index contributed by atoms with van der Waals surface area (Å²) in [6.45, 7) is 6.21. The van der Waals surface area contributed by atoms with E-state index >= 15 is 0 Å². The van der Waals surface area contributed by atoms with E-state index in [0.717, 1.165) is 18.8 Å². The van der Waals surface area contributed by atoms with Crippen molar-refractivity contribution in [3.05, 3.63) is 90.5 Å². The molecule has 0 saturated carbocycles. The largest absolute Gasteiger partial charge is 0.365 e. The molecule has 0 fully saturated rings. The number of hydrogen-bond donors (Lipinski definition) is 3. The third-order valence-corrected chi connectivity index (χ3v) is 6.15. The number of anilines is 1. The van der Waals surface area contributed by atoms with Gasteiger partial charge in [-0.1, -0.05) is 86.6 Å². The van der Waals surface area contributed by atoms with Crippen LogP contribution in [0.2, 0.25) is 0 Å². The second kappa shape index (κ2) is 9.52. The van der Waals surface area contributed by atoms with Crippen molar-refractivity contribution in [1.29, 1.82) is 0 Å². The Morgan fingerprint density at radius 2 is 1.43 bits per heavy atom. The lowest BCUT2D eigenvalue weighted by Gasteiger charge is -2.32. The van der Waals surface area contributed by atoms with E-state index in [1.54, 1.807) is 0 Å². The smallest absolute Gasteiger partial charge is 0.107 e. The summed E-state index contributed by atoms with van der Waals surface area (Å²) < 4.78 is 0. The highest BCUT2D eigenvalue weighted by Gasteiger charge is 2.19. The van der Waals surface area contributed by atoms with Crippen LogP contribution in [-0.2, 0) is 0 Å². The van der Waals surface area contributed by atoms with Crippen LogP contribution in [0.1, 0.15) is 25.6 Å². The molecule has 4 aromatic rings. The van der Waals surface area contributed by atoms with Crippen molar-refractivity contribution in [3.63, 3.8) is 0 Å². The number of nitrogens with zero attached hydrogens (tertiary/aromatic N) is 1. The third-order valence-electron chi connectivity index (χ3n) is 5.67. The average molecular weight is 416 g/mol. The molecule has 4 heteroatoms. The summed E-state index contributed by atoms with van der Waals surface area (Å²) >= 11 is 4.86. The molecule has 0 heterocycles. The molecular formula is C26H29N3S. The summed E-state index contributed by atoms with van der Waals surface area (Å²) in [6.07, 6.45) is -0.0801. The molecule has 4 aromatic carbocycles. The van der Waals surface area contributed by atoms with Gasteiger partial charge in [-0.05, 0) is 46.9 Å². The van der Waals surface area contributed by atoms with Crippen LogP contribution >= 0.6 is 12.6 Å². The van der Waals surface area contributed by atoms with Crippen LogP contribution in [0.4, 0.5) is 5.69 Å². The van der Waals surface area contributed by atoms with E-state index in [-0.39, 0.29) is 11.7 Å². The molecule has 3 nitrogen and oxygen atoms in total. The second-order valence-corrected chi connectivity index (χ2v) is 7.96. The standard InChI is InChI=1S/C26H29N3S/c1-3-29(4-2)26(30)28-25(22-17-16-19-10-5-6-12-21(19)18-22)27-24-15-9-13-20-11-7-8-14-23(20)24/h5-18,25-28,30H,3-4H2,1-2H3. The van der Waals surface area contributed by atoms with Gasteiger partial charge in [0.2, 0.25) is 0 Å². The quantitative estimate of drug-likeness (QED) is 0.235. The maximum Gasteiger partial charge on any atom is 0.107 e. The molecule has 30 heavy (non-hydrogen) atoms. The van der Waals surface area contributed by atoms with Crippen LogP contribution in [0.3, 0.4) is 0 Å². The Morgan fingerprint density at radius 3 is 2.20 bits per heavy atom. The van der Waals surface area contributed by atoms with Crippen LogP contribution in [0.5, 0.6) is 0 Å². The first-order valence-corrected chi connectivity index (χ1v) is 11.1. The van der Waals surface area contributed by atoms with E-state index in [2.05, 4.69) is 114 Å². The maximum absolute atomic E-state index is 4.86. The predicted molar refractivity (Wildman–Crippen MR) is 133 cm³/mol. The molecule has 4 rings (SSSR count). The van der Waals surface area contributed by atoms with Crippen LogP contribution in [-0.4, -0.2) is 23.5 Å². The zero-order chi connectivity index (χ0) is 20.9. The highest BCUT2D eigenvalue weighted by Crippen LogP contribution is 2.28. The Balaban J connectivity index is 1.72. The molecule has 0 saturated heterocycles. The van der Waals surface area contributed by atoms with Gasteiger partial charge < -0.3 is 5.32 Å². The van der Waals surface area contributed by atoms with Crippen LogP contribution in [0.25, 0.3) is 21.5 Å².